The molecule has 0 aromatic carbocycles. The predicted octanol–water partition coefficient (Wildman–Crippen LogP) is 8.13. The van der Waals surface area contributed by atoms with Gasteiger partial charge in [-0.3, -0.25) is 4.79 Å². The van der Waals surface area contributed by atoms with E-state index >= 15 is 0 Å². The molecule has 4 atom stereocenters. The van der Waals surface area contributed by atoms with E-state index in [0.29, 0.717) is 18.8 Å². The molecule has 34 heavy (non-hydrogen) atoms. The molecule has 3 aliphatic carbocycles. The van der Waals surface area contributed by atoms with Crippen LogP contribution in [0, 0.1) is 18.8 Å². The number of alkyl halides is 3. The molecule has 0 fully saturated rings. The number of carboxylic acid groups (broad SMARTS) is 1. The number of aromatic nitrogens is 1. The number of hydrogen-bond donors (Lipinski definition) is 1. The number of aliphatic carboxylic acids is 1. The topological polar surface area (TPSA) is 42.2 Å². The average Bonchev–Trinajstić information content (AvgIpc) is 3.14. The molecule has 1 aromatic heterocycles. The summed E-state index contributed by atoms with van der Waals surface area (Å²) in [5.74, 6) is -1.72. The Bertz CT molecular complexity index is 998. The number of carbonyl (C=O) groups is 1. The van der Waals surface area contributed by atoms with Crippen LogP contribution in [0.25, 0.3) is 5.57 Å². The van der Waals surface area contributed by atoms with Crippen LogP contribution in [-0.4, -0.2) is 21.8 Å². The van der Waals surface area contributed by atoms with Gasteiger partial charge in [0, 0.05) is 17.8 Å². The first kappa shape index (κ1) is 24.9. The summed E-state index contributed by atoms with van der Waals surface area (Å²) in [6.07, 6.45) is 10.9. The van der Waals surface area contributed by atoms with Crippen LogP contribution in [0.4, 0.5) is 13.2 Å². The van der Waals surface area contributed by atoms with Gasteiger partial charge >= 0.3 is 12.1 Å². The summed E-state index contributed by atoms with van der Waals surface area (Å²) in [6.45, 7) is 4.32. The molecular weight excluding hydrogens is 439 g/mol. The van der Waals surface area contributed by atoms with Crippen LogP contribution in [0.1, 0.15) is 100 Å². The molecule has 6 heteroatoms. The summed E-state index contributed by atoms with van der Waals surface area (Å²) in [5.41, 5.74) is 5.74. The van der Waals surface area contributed by atoms with Gasteiger partial charge in [-0.1, -0.05) is 36.8 Å². The van der Waals surface area contributed by atoms with Crippen LogP contribution in [0.5, 0.6) is 0 Å². The van der Waals surface area contributed by atoms with Gasteiger partial charge in [-0.25, -0.2) is 0 Å². The van der Waals surface area contributed by atoms with Crippen molar-refractivity contribution in [1.82, 2.24) is 4.57 Å². The quantitative estimate of drug-likeness (QED) is 0.422. The molecule has 4 rings (SSSR count). The van der Waals surface area contributed by atoms with E-state index in [1.807, 2.05) is 0 Å². The molecule has 1 heterocycles. The van der Waals surface area contributed by atoms with Gasteiger partial charge < -0.3 is 9.67 Å². The smallest absolute Gasteiger partial charge is 0.395 e. The lowest BCUT2D eigenvalue weighted by Gasteiger charge is -2.29. The van der Waals surface area contributed by atoms with Crippen molar-refractivity contribution in [2.24, 2.45) is 11.8 Å². The molecule has 0 bridgehead atoms. The highest BCUT2D eigenvalue weighted by Gasteiger charge is 2.41. The van der Waals surface area contributed by atoms with Crippen molar-refractivity contribution < 1.29 is 23.1 Å². The lowest BCUT2D eigenvalue weighted by molar-refractivity contribution is -0.164. The second kappa shape index (κ2) is 10.2. The summed E-state index contributed by atoms with van der Waals surface area (Å²) < 4.78 is 42.9. The molecule has 0 saturated carbocycles. The first-order valence-corrected chi connectivity index (χ1v) is 12.7. The molecule has 1 N–H and O–H groups in total. The summed E-state index contributed by atoms with van der Waals surface area (Å²) in [4.78, 5) is 11.1. The van der Waals surface area contributed by atoms with Crippen LogP contribution >= 0.6 is 0 Å². The Kier molecular flexibility index (Phi) is 7.44. The third kappa shape index (κ3) is 5.52. The average molecular weight is 476 g/mol. The molecule has 3 nitrogen and oxygen atoms in total. The molecule has 0 radical (unpaired) electrons. The van der Waals surface area contributed by atoms with Crippen molar-refractivity contribution in [3.8, 4) is 0 Å². The molecule has 3 aliphatic rings. The monoisotopic (exact) mass is 475 g/mol. The highest BCUT2D eigenvalue weighted by molar-refractivity contribution is 5.67. The SMILES string of the molecule is Cc1c(C2CC=CC(C(F)(F)F)C2)cc(C2=CCCC(C)C2)n1C1C=C(CCC(=O)O)CCC1. The maximum absolute atomic E-state index is 13.5. The van der Waals surface area contributed by atoms with Gasteiger partial charge in [0.05, 0.1) is 12.0 Å². The third-order valence-corrected chi connectivity index (χ3v) is 7.88. The van der Waals surface area contributed by atoms with E-state index in [-0.39, 0.29) is 24.8 Å². The molecule has 1 aromatic rings. The highest BCUT2D eigenvalue weighted by atomic mass is 19.4. The zero-order valence-corrected chi connectivity index (χ0v) is 20.2. The molecule has 0 aliphatic heterocycles. The highest BCUT2D eigenvalue weighted by Crippen LogP contribution is 2.45. The van der Waals surface area contributed by atoms with E-state index in [1.165, 1.54) is 23.6 Å². The number of carboxylic acids is 1. The number of halogens is 3. The summed E-state index contributed by atoms with van der Waals surface area (Å²) in [7, 11) is 0. The second-order valence-electron chi connectivity index (χ2n) is 10.5. The summed E-state index contributed by atoms with van der Waals surface area (Å²) in [5, 5.41) is 9.11. The van der Waals surface area contributed by atoms with Crippen LogP contribution in [0.15, 0.2) is 35.9 Å². The normalized spacial score (nSPS) is 27.9. The Morgan fingerprint density at radius 1 is 1.26 bits per heavy atom. The van der Waals surface area contributed by atoms with E-state index in [4.69, 9.17) is 5.11 Å². The second-order valence-corrected chi connectivity index (χ2v) is 10.5. The van der Waals surface area contributed by atoms with Gasteiger partial charge in [0.25, 0.3) is 0 Å². The van der Waals surface area contributed by atoms with Crippen molar-refractivity contribution in [2.75, 3.05) is 0 Å². The van der Waals surface area contributed by atoms with Gasteiger partial charge in [-0.15, -0.1) is 0 Å². The minimum atomic E-state index is -4.21. The Hall–Kier alpha value is -2.24. The van der Waals surface area contributed by atoms with Crippen LogP contribution in [0.2, 0.25) is 0 Å². The summed E-state index contributed by atoms with van der Waals surface area (Å²) >= 11 is 0. The Morgan fingerprint density at radius 2 is 2.06 bits per heavy atom. The fraction of sp³-hybridized carbons (Fsp3) is 0.607. The molecule has 0 amide bonds. The molecule has 186 valence electrons. The Morgan fingerprint density at radius 3 is 2.76 bits per heavy atom. The molecule has 4 unspecified atom stereocenters. The predicted molar refractivity (Wildman–Crippen MR) is 129 cm³/mol. The van der Waals surface area contributed by atoms with E-state index in [1.54, 1.807) is 6.08 Å². The molecule has 0 spiro atoms. The largest absolute Gasteiger partial charge is 0.481 e. The lowest BCUT2D eigenvalue weighted by atomic mass is 9.81. The maximum atomic E-state index is 13.5. The Labute approximate surface area is 200 Å². The minimum Gasteiger partial charge on any atom is -0.481 e. The zero-order valence-electron chi connectivity index (χ0n) is 20.2. The maximum Gasteiger partial charge on any atom is 0.395 e. The first-order valence-electron chi connectivity index (χ1n) is 12.7. The Balaban J connectivity index is 1.72. The van der Waals surface area contributed by atoms with Gasteiger partial charge in [-0.05, 0) is 93.7 Å². The fourth-order valence-electron chi connectivity index (χ4n) is 6.08. The molecular formula is C28H36F3NO2. The van der Waals surface area contributed by atoms with Crippen LogP contribution in [-0.2, 0) is 4.79 Å². The number of rotatable bonds is 6. The van der Waals surface area contributed by atoms with Gasteiger partial charge in [0.1, 0.15) is 0 Å². The fourth-order valence-corrected chi connectivity index (χ4v) is 6.08. The van der Waals surface area contributed by atoms with Gasteiger partial charge in [0.2, 0.25) is 0 Å². The van der Waals surface area contributed by atoms with Gasteiger partial charge in [0.15, 0.2) is 0 Å². The van der Waals surface area contributed by atoms with Crippen molar-refractivity contribution >= 4 is 11.5 Å². The standard InChI is InChI=1S/C28H36F3NO2/c1-18-6-3-9-22(14-18)26-17-25(21-8-5-10-23(16-21)28(29,30)31)19(2)32(26)24-11-4-7-20(15-24)12-13-27(33)34/h5,9-10,15,17-18,21,23-24H,3-4,6-8,11-14,16H2,1-2H3,(H,33,34). The number of allylic oxidation sites excluding steroid dienone is 6. The van der Waals surface area contributed by atoms with E-state index < -0.39 is 18.1 Å². The molecule has 0 saturated heterocycles. The van der Waals surface area contributed by atoms with Gasteiger partial charge in [-0.2, -0.15) is 13.2 Å². The van der Waals surface area contributed by atoms with Crippen LogP contribution < -0.4 is 0 Å². The van der Waals surface area contributed by atoms with E-state index in [2.05, 4.69) is 36.6 Å². The number of nitrogens with zero attached hydrogens (tertiary/aromatic N) is 1. The minimum absolute atomic E-state index is 0.101. The van der Waals surface area contributed by atoms with Crippen molar-refractivity contribution in [3.63, 3.8) is 0 Å². The zero-order chi connectivity index (χ0) is 24.5. The van der Waals surface area contributed by atoms with Crippen LogP contribution in [0.3, 0.4) is 0 Å². The van der Waals surface area contributed by atoms with Crippen molar-refractivity contribution in [1.29, 1.82) is 0 Å². The first-order chi connectivity index (χ1) is 16.1. The van der Waals surface area contributed by atoms with Crippen molar-refractivity contribution in [2.45, 2.75) is 96.2 Å². The van der Waals surface area contributed by atoms with Crippen molar-refractivity contribution in [3.05, 3.63) is 52.9 Å². The third-order valence-electron chi connectivity index (χ3n) is 7.88. The van der Waals surface area contributed by atoms with E-state index in [0.717, 1.165) is 49.1 Å². The summed E-state index contributed by atoms with van der Waals surface area (Å²) in [6, 6.07) is 2.30. The van der Waals surface area contributed by atoms with E-state index in [9.17, 15) is 18.0 Å². The lowest BCUT2D eigenvalue weighted by Crippen LogP contribution is -2.25. The number of hydrogen-bond acceptors (Lipinski definition) is 1.